The lowest BCUT2D eigenvalue weighted by atomic mass is 9.92. The summed E-state index contributed by atoms with van der Waals surface area (Å²) in [4.78, 5) is 14.3. The van der Waals surface area contributed by atoms with Crippen LogP contribution in [0, 0.1) is 5.92 Å². The lowest BCUT2D eigenvalue weighted by Gasteiger charge is -2.39. The van der Waals surface area contributed by atoms with Gasteiger partial charge in [0, 0.05) is 12.6 Å². The average molecular weight is 261 g/mol. The van der Waals surface area contributed by atoms with E-state index < -0.39 is 0 Å². The van der Waals surface area contributed by atoms with Gasteiger partial charge in [0.25, 0.3) is 0 Å². The van der Waals surface area contributed by atoms with Crippen LogP contribution in [0.2, 0.25) is 0 Å². The van der Waals surface area contributed by atoms with Crippen LogP contribution in [-0.2, 0) is 0 Å². The number of anilines is 1. The molecule has 0 N–H and O–H groups in total. The summed E-state index contributed by atoms with van der Waals surface area (Å²) in [5.41, 5.74) is 1.73. The lowest BCUT2D eigenvalue weighted by Crippen LogP contribution is -2.41. The number of carbonyl (C=O) groups excluding carboxylic acids is 1. The molecule has 3 nitrogen and oxygen atoms in total. The van der Waals surface area contributed by atoms with Gasteiger partial charge in [-0.25, -0.2) is 0 Å². The van der Waals surface area contributed by atoms with Crippen molar-refractivity contribution in [3.05, 3.63) is 23.8 Å². The largest absolute Gasteiger partial charge is 0.496 e. The first-order valence-electron chi connectivity index (χ1n) is 6.99. The third-order valence-corrected chi connectivity index (χ3v) is 4.02. The smallest absolute Gasteiger partial charge is 0.165 e. The molecule has 0 amide bonds. The number of ketones is 1. The van der Waals surface area contributed by atoms with Gasteiger partial charge in [-0.15, -0.1) is 0 Å². The Morgan fingerprint density at radius 1 is 1.37 bits per heavy atom. The second kappa shape index (κ2) is 5.64. The molecule has 2 atom stereocenters. The molecular formula is C16H23NO2. The number of hydrogen-bond donors (Lipinski definition) is 0. The maximum atomic E-state index is 12.0. The van der Waals surface area contributed by atoms with Crippen LogP contribution in [-0.4, -0.2) is 25.5 Å². The molecule has 0 bridgehead atoms. The Kier molecular flexibility index (Phi) is 4.13. The number of rotatable bonds is 3. The van der Waals surface area contributed by atoms with Crippen molar-refractivity contribution in [1.82, 2.24) is 0 Å². The van der Waals surface area contributed by atoms with Crippen LogP contribution >= 0.6 is 0 Å². The Bertz CT molecular complexity index is 470. The van der Waals surface area contributed by atoms with Gasteiger partial charge in [-0.1, -0.05) is 13.0 Å². The van der Waals surface area contributed by atoms with Gasteiger partial charge in [-0.05, 0) is 44.7 Å². The first kappa shape index (κ1) is 13.9. The Morgan fingerprint density at radius 3 is 2.68 bits per heavy atom. The Morgan fingerprint density at radius 2 is 2.11 bits per heavy atom. The van der Waals surface area contributed by atoms with E-state index in [0.717, 1.165) is 18.2 Å². The second-order valence-electron chi connectivity index (χ2n) is 5.58. The van der Waals surface area contributed by atoms with E-state index in [0.29, 0.717) is 17.4 Å². The van der Waals surface area contributed by atoms with Crippen LogP contribution in [0.25, 0.3) is 0 Å². The molecule has 19 heavy (non-hydrogen) atoms. The Labute approximate surface area is 115 Å². The fraction of sp³-hybridized carbons (Fsp3) is 0.562. The minimum atomic E-state index is 0.0678. The Balaban J connectivity index is 2.41. The fourth-order valence-corrected chi connectivity index (χ4v) is 3.05. The topological polar surface area (TPSA) is 29.5 Å². The number of ether oxygens (including phenoxy) is 1. The maximum Gasteiger partial charge on any atom is 0.165 e. The third kappa shape index (κ3) is 2.75. The van der Waals surface area contributed by atoms with Crippen molar-refractivity contribution >= 4 is 11.5 Å². The number of piperidine rings is 1. The molecule has 2 unspecified atom stereocenters. The zero-order valence-corrected chi connectivity index (χ0v) is 12.3. The molecule has 104 valence electrons. The number of nitrogens with zero attached hydrogens (tertiary/aromatic N) is 1. The van der Waals surface area contributed by atoms with Gasteiger partial charge < -0.3 is 9.64 Å². The molecule has 1 aliphatic heterocycles. The Hall–Kier alpha value is -1.51. The van der Waals surface area contributed by atoms with Crippen molar-refractivity contribution in [3.63, 3.8) is 0 Å². The second-order valence-corrected chi connectivity index (χ2v) is 5.58. The van der Waals surface area contributed by atoms with E-state index in [1.807, 2.05) is 18.2 Å². The maximum absolute atomic E-state index is 12.0. The van der Waals surface area contributed by atoms with Gasteiger partial charge in [0.15, 0.2) is 5.78 Å². The van der Waals surface area contributed by atoms with E-state index in [1.165, 1.54) is 12.8 Å². The standard InChI is InChI=1S/C16H23NO2/c1-11-8-9-17(12(2)10-11)14-6-5-7-15(19-4)16(14)13(3)18/h5-7,11-12H,8-10H2,1-4H3. The van der Waals surface area contributed by atoms with Gasteiger partial charge >= 0.3 is 0 Å². The molecule has 1 aromatic rings. The zero-order chi connectivity index (χ0) is 14.0. The molecule has 3 heteroatoms. The van der Waals surface area contributed by atoms with Gasteiger partial charge in [-0.2, -0.15) is 0 Å². The fourth-order valence-electron chi connectivity index (χ4n) is 3.05. The minimum absolute atomic E-state index is 0.0678. The van der Waals surface area contributed by atoms with Crippen molar-refractivity contribution < 1.29 is 9.53 Å². The monoisotopic (exact) mass is 261 g/mol. The number of Topliss-reactive ketones (excluding diaryl/α,β-unsaturated/α-hetero) is 1. The average Bonchev–Trinajstić information content (AvgIpc) is 2.37. The lowest BCUT2D eigenvalue weighted by molar-refractivity contribution is 0.101. The quantitative estimate of drug-likeness (QED) is 0.780. The molecule has 1 aromatic carbocycles. The highest BCUT2D eigenvalue weighted by molar-refractivity contribution is 6.02. The van der Waals surface area contributed by atoms with Crippen LogP contribution in [0.1, 0.15) is 44.0 Å². The normalized spacial score (nSPS) is 23.3. The first-order chi connectivity index (χ1) is 9.04. The molecule has 0 radical (unpaired) electrons. The van der Waals surface area contributed by atoms with Gasteiger partial charge in [0.2, 0.25) is 0 Å². The molecule has 1 heterocycles. The molecule has 0 spiro atoms. The van der Waals surface area contributed by atoms with E-state index in [-0.39, 0.29) is 5.78 Å². The predicted molar refractivity (Wildman–Crippen MR) is 78.2 cm³/mol. The molecule has 1 fully saturated rings. The summed E-state index contributed by atoms with van der Waals surface area (Å²) in [5.74, 6) is 1.51. The van der Waals surface area contributed by atoms with Crippen molar-refractivity contribution in [3.8, 4) is 5.75 Å². The molecule has 2 rings (SSSR count). The summed E-state index contributed by atoms with van der Waals surface area (Å²) >= 11 is 0. The van der Waals surface area contributed by atoms with E-state index in [4.69, 9.17) is 4.74 Å². The van der Waals surface area contributed by atoms with Crippen LogP contribution in [0.5, 0.6) is 5.75 Å². The van der Waals surface area contributed by atoms with Gasteiger partial charge in [-0.3, -0.25) is 4.79 Å². The van der Waals surface area contributed by atoms with E-state index in [1.54, 1.807) is 14.0 Å². The number of hydrogen-bond acceptors (Lipinski definition) is 3. The SMILES string of the molecule is COc1cccc(N2CCC(C)CC2C)c1C(C)=O. The molecule has 0 aliphatic carbocycles. The molecule has 0 saturated carbocycles. The zero-order valence-electron chi connectivity index (χ0n) is 12.3. The summed E-state index contributed by atoms with van der Waals surface area (Å²) in [7, 11) is 1.62. The van der Waals surface area contributed by atoms with Crippen LogP contribution in [0.3, 0.4) is 0 Å². The highest BCUT2D eigenvalue weighted by atomic mass is 16.5. The molecule has 1 aliphatic rings. The summed E-state index contributed by atoms with van der Waals surface area (Å²) in [6.07, 6.45) is 2.35. The molecular weight excluding hydrogens is 238 g/mol. The highest BCUT2D eigenvalue weighted by Crippen LogP contribution is 2.34. The van der Waals surface area contributed by atoms with Crippen molar-refractivity contribution in [1.29, 1.82) is 0 Å². The summed E-state index contributed by atoms with van der Waals surface area (Å²) in [6.45, 7) is 7.15. The van der Waals surface area contributed by atoms with E-state index >= 15 is 0 Å². The van der Waals surface area contributed by atoms with Gasteiger partial charge in [0.05, 0.1) is 18.4 Å². The van der Waals surface area contributed by atoms with Crippen molar-refractivity contribution in [2.75, 3.05) is 18.6 Å². The van der Waals surface area contributed by atoms with Gasteiger partial charge in [0.1, 0.15) is 5.75 Å². The first-order valence-corrected chi connectivity index (χ1v) is 6.99. The minimum Gasteiger partial charge on any atom is -0.496 e. The van der Waals surface area contributed by atoms with Crippen LogP contribution in [0.15, 0.2) is 18.2 Å². The molecule has 0 aromatic heterocycles. The van der Waals surface area contributed by atoms with Crippen LogP contribution in [0.4, 0.5) is 5.69 Å². The van der Waals surface area contributed by atoms with Crippen molar-refractivity contribution in [2.24, 2.45) is 5.92 Å². The molecule has 1 saturated heterocycles. The van der Waals surface area contributed by atoms with E-state index in [9.17, 15) is 4.79 Å². The number of methoxy groups -OCH3 is 1. The summed E-state index contributed by atoms with van der Waals surface area (Å²) < 4.78 is 5.35. The van der Waals surface area contributed by atoms with Crippen LogP contribution < -0.4 is 9.64 Å². The highest BCUT2D eigenvalue weighted by Gasteiger charge is 2.26. The van der Waals surface area contributed by atoms with E-state index in [2.05, 4.69) is 18.7 Å². The van der Waals surface area contributed by atoms with Crippen molar-refractivity contribution in [2.45, 2.75) is 39.7 Å². The number of carbonyl (C=O) groups is 1. The summed E-state index contributed by atoms with van der Waals surface area (Å²) in [5, 5.41) is 0. The number of benzene rings is 1. The summed E-state index contributed by atoms with van der Waals surface area (Å²) in [6, 6.07) is 6.32. The third-order valence-electron chi connectivity index (χ3n) is 4.02. The predicted octanol–water partition coefficient (Wildman–Crippen LogP) is 3.52.